The molecule has 0 aliphatic rings. The van der Waals surface area contributed by atoms with Crippen molar-refractivity contribution < 1.29 is 14.3 Å². The van der Waals surface area contributed by atoms with Gasteiger partial charge in [0.15, 0.2) is 0 Å². The fourth-order valence-corrected chi connectivity index (χ4v) is 1.83. The van der Waals surface area contributed by atoms with Gasteiger partial charge in [0.1, 0.15) is 11.6 Å². The Labute approximate surface area is 95.2 Å². The van der Waals surface area contributed by atoms with Crippen molar-refractivity contribution in [3.63, 3.8) is 0 Å². The lowest BCUT2D eigenvalue weighted by Crippen LogP contribution is -2.11. The van der Waals surface area contributed by atoms with E-state index in [0.29, 0.717) is 5.56 Å². The number of thiophene rings is 1. The van der Waals surface area contributed by atoms with E-state index in [1.54, 1.807) is 16.8 Å². The third-order valence-electron chi connectivity index (χ3n) is 1.98. The molecule has 1 aromatic carbocycles. The minimum atomic E-state index is -0.663. The highest BCUT2D eigenvalue weighted by Gasteiger charge is 2.09. The van der Waals surface area contributed by atoms with E-state index < -0.39 is 5.82 Å². The quantitative estimate of drug-likeness (QED) is 0.789. The van der Waals surface area contributed by atoms with Gasteiger partial charge in [-0.25, -0.2) is 4.39 Å². The second-order valence-corrected chi connectivity index (χ2v) is 3.91. The number of nitrogens with one attached hydrogen (secondary N) is 1. The van der Waals surface area contributed by atoms with Crippen molar-refractivity contribution in [3.8, 4) is 5.75 Å². The summed E-state index contributed by atoms with van der Waals surface area (Å²) < 4.78 is 13.3. The maximum Gasteiger partial charge on any atom is 0.256 e. The third kappa shape index (κ3) is 2.20. The molecule has 0 unspecified atom stereocenters. The fourth-order valence-electron chi connectivity index (χ4n) is 1.19. The average Bonchev–Trinajstić information content (AvgIpc) is 2.75. The van der Waals surface area contributed by atoms with E-state index in [-0.39, 0.29) is 17.3 Å². The maximum absolute atomic E-state index is 13.3. The molecule has 2 aromatic rings. The molecule has 0 fully saturated rings. The number of halogens is 1. The zero-order valence-electron chi connectivity index (χ0n) is 8.11. The first-order valence-corrected chi connectivity index (χ1v) is 5.43. The lowest BCUT2D eigenvalue weighted by molar-refractivity contribution is 0.102. The molecule has 16 heavy (non-hydrogen) atoms. The van der Waals surface area contributed by atoms with Crippen molar-refractivity contribution in [2.75, 3.05) is 5.32 Å². The summed E-state index contributed by atoms with van der Waals surface area (Å²) in [7, 11) is 0. The largest absolute Gasteiger partial charge is 0.508 e. The minimum Gasteiger partial charge on any atom is -0.508 e. The van der Waals surface area contributed by atoms with E-state index in [1.807, 2.05) is 0 Å². The molecule has 0 atom stereocenters. The Morgan fingerprint density at radius 3 is 2.81 bits per heavy atom. The molecule has 1 aromatic heterocycles. The van der Waals surface area contributed by atoms with Crippen LogP contribution in [0.5, 0.6) is 5.75 Å². The first kappa shape index (κ1) is 10.6. The second-order valence-electron chi connectivity index (χ2n) is 3.13. The number of carbonyl (C=O) groups is 1. The fraction of sp³-hybridized carbons (Fsp3) is 0. The molecule has 0 aliphatic heterocycles. The van der Waals surface area contributed by atoms with Gasteiger partial charge in [0.05, 0.1) is 11.3 Å². The van der Waals surface area contributed by atoms with E-state index in [0.717, 1.165) is 6.07 Å². The number of hydrogen-bond donors (Lipinski definition) is 2. The van der Waals surface area contributed by atoms with E-state index in [4.69, 9.17) is 5.11 Å². The van der Waals surface area contributed by atoms with Crippen LogP contribution in [0.25, 0.3) is 0 Å². The Morgan fingerprint density at radius 1 is 1.38 bits per heavy atom. The van der Waals surface area contributed by atoms with Crippen LogP contribution in [0.2, 0.25) is 0 Å². The van der Waals surface area contributed by atoms with Crippen LogP contribution in [0, 0.1) is 5.82 Å². The monoisotopic (exact) mass is 237 g/mol. The smallest absolute Gasteiger partial charge is 0.256 e. The summed E-state index contributed by atoms with van der Waals surface area (Å²) in [5, 5.41) is 14.9. The average molecular weight is 237 g/mol. The molecule has 0 bridgehead atoms. The van der Waals surface area contributed by atoms with Gasteiger partial charge in [0.25, 0.3) is 5.91 Å². The van der Waals surface area contributed by atoms with Crippen LogP contribution in [-0.2, 0) is 0 Å². The molecule has 0 saturated carbocycles. The highest BCUT2D eigenvalue weighted by Crippen LogP contribution is 2.20. The van der Waals surface area contributed by atoms with Gasteiger partial charge in [-0.1, -0.05) is 0 Å². The van der Waals surface area contributed by atoms with Crippen LogP contribution in [0.1, 0.15) is 10.4 Å². The Morgan fingerprint density at radius 2 is 2.19 bits per heavy atom. The third-order valence-corrected chi connectivity index (χ3v) is 2.67. The summed E-state index contributed by atoms with van der Waals surface area (Å²) in [5.41, 5.74) is 0.534. The number of phenolic OH excluding ortho intramolecular Hbond substituents is 1. The lowest BCUT2D eigenvalue weighted by Gasteiger charge is -2.05. The summed E-state index contributed by atoms with van der Waals surface area (Å²) in [6.45, 7) is 0. The number of rotatable bonds is 2. The van der Waals surface area contributed by atoms with Crippen LogP contribution in [-0.4, -0.2) is 11.0 Å². The summed E-state index contributed by atoms with van der Waals surface area (Å²) in [6, 6.07) is 5.22. The number of benzene rings is 1. The molecule has 3 nitrogen and oxygen atoms in total. The van der Waals surface area contributed by atoms with Crippen LogP contribution >= 0.6 is 11.3 Å². The molecule has 2 rings (SSSR count). The van der Waals surface area contributed by atoms with Gasteiger partial charge in [-0.15, -0.1) is 0 Å². The molecule has 0 aliphatic carbocycles. The number of anilines is 1. The number of aromatic hydroxyl groups is 1. The van der Waals surface area contributed by atoms with E-state index >= 15 is 0 Å². The number of phenols is 1. The van der Waals surface area contributed by atoms with Crippen molar-refractivity contribution in [2.45, 2.75) is 0 Å². The van der Waals surface area contributed by atoms with Crippen LogP contribution in [0.15, 0.2) is 35.0 Å². The van der Waals surface area contributed by atoms with Gasteiger partial charge < -0.3 is 10.4 Å². The summed E-state index contributed by atoms with van der Waals surface area (Å²) in [6.07, 6.45) is 0. The number of hydrogen-bond acceptors (Lipinski definition) is 3. The molecule has 0 saturated heterocycles. The zero-order valence-corrected chi connectivity index (χ0v) is 8.92. The summed E-state index contributed by atoms with van der Waals surface area (Å²) >= 11 is 1.39. The molecule has 5 heteroatoms. The number of carbonyl (C=O) groups excluding carboxylic acids is 1. The molecule has 1 amide bonds. The summed E-state index contributed by atoms with van der Waals surface area (Å²) in [4.78, 5) is 11.6. The summed E-state index contributed by atoms with van der Waals surface area (Å²) in [5.74, 6) is -1.21. The Hall–Kier alpha value is -1.88. The van der Waals surface area contributed by atoms with Gasteiger partial charge in [0, 0.05) is 11.4 Å². The zero-order chi connectivity index (χ0) is 11.5. The second kappa shape index (κ2) is 4.32. The van der Waals surface area contributed by atoms with Crippen LogP contribution in [0.3, 0.4) is 0 Å². The minimum absolute atomic E-state index is 0.0500. The molecule has 1 heterocycles. The van der Waals surface area contributed by atoms with Crippen molar-refractivity contribution in [1.29, 1.82) is 0 Å². The predicted molar refractivity (Wildman–Crippen MR) is 60.3 cm³/mol. The molecule has 0 radical (unpaired) electrons. The van der Waals surface area contributed by atoms with Crippen molar-refractivity contribution in [1.82, 2.24) is 0 Å². The van der Waals surface area contributed by atoms with Crippen LogP contribution < -0.4 is 5.32 Å². The van der Waals surface area contributed by atoms with Gasteiger partial charge in [-0.2, -0.15) is 11.3 Å². The topological polar surface area (TPSA) is 49.3 Å². The molecular weight excluding hydrogens is 229 g/mol. The van der Waals surface area contributed by atoms with E-state index in [2.05, 4.69) is 5.32 Å². The predicted octanol–water partition coefficient (Wildman–Crippen LogP) is 2.85. The number of amides is 1. The van der Waals surface area contributed by atoms with E-state index in [9.17, 15) is 9.18 Å². The van der Waals surface area contributed by atoms with E-state index in [1.165, 1.54) is 23.5 Å². The maximum atomic E-state index is 13.3. The highest BCUT2D eigenvalue weighted by molar-refractivity contribution is 7.08. The Kier molecular flexibility index (Phi) is 2.87. The Balaban J connectivity index is 2.18. The van der Waals surface area contributed by atoms with Gasteiger partial charge >= 0.3 is 0 Å². The highest BCUT2D eigenvalue weighted by atomic mass is 32.1. The van der Waals surface area contributed by atoms with Crippen molar-refractivity contribution >= 4 is 22.9 Å². The van der Waals surface area contributed by atoms with Crippen LogP contribution in [0.4, 0.5) is 10.1 Å². The molecule has 0 spiro atoms. The molecular formula is C11H8FNO2S. The standard InChI is InChI=1S/C11H8FNO2S/c12-9-5-8(14)1-2-10(9)13-11(15)7-3-4-16-6-7/h1-6,14H,(H,13,15). The van der Waals surface area contributed by atoms with Crippen molar-refractivity contribution in [2.24, 2.45) is 0 Å². The lowest BCUT2D eigenvalue weighted by atomic mass is 10.2. The first-order valence-electron chi connectivity index (χ1n) is 4.49. The molecule has 2 N–H and O–H groups in total. The van der Waals surface area contributed by atoms with Crippen molar-refractivity contribution in [3.05, 3.63) is 46.4 Å². The molecule has 82 valence electrons. The van der Waals surface area contributed by atoms with Gasteiger partial charge in [-0.3, -0.25) is 4.79 Å². The normalized spacial score (nSPS) is 10.1. The SMILES string of the molecule is O=C(Nc1ccc(O)cc1F)c1ccsc1. The van der Waals surface area contributed by atoms with Gasteiger partial charge in [0.2, 0.25) is 0 Å². The Bertz CT molecular complexity index is 511. The van der Waals surface area contributed by atoms with Gasteiger partial charge in [-0.05, 0) is 23.6 Å². The first-order chi connectivity index (χ1) is 7.66.